The van der Waals surface area contributed by atoms with Crippen LogP contribution in [-0.4, -0.2) is 36.2 Å². The van der Waals surface area contributed by atoms with Crippen molar-refractivity contribution in [3.8, 4) is 0 Å². The fourth-order valence-corrected chi connectivity index (χ4v) is 1.59. The summed E-state index contributed by atoms with van der Waals surface area (Å²) in [6.45, 7) is 0. The Morgan fingerprint density at radius 2 is 1.94 bits per heavy atom. The maximum absolute atomic E-state index is 11.5. The molecule has 1 rings (SSSR count). The highest BCUT2D eigenvalue weighted by Crippen LogP contribution is 2.22. The summed E-state index contributed by atoms with van der Waals surface area (Å²) in [7, 11) is 3.23. The van der Waals surface area contributed by atoms with Crippen LogP contribution in [0.3, 0.4) is 0 Å². The van der Waals surface area contributed by atoms with Gasteiger partial charge in [-0.05, 0) is 6.07 Å². The Bertz CT molecular complexity index is 451. The molecule has 1 aromatic rings. The van der Waals surface area contributed by atoms with E-state index in [-0.39, 0.29) is 5.02 Å². The van der Waals surface area contributed by atoms with Crippen molar-refractivity contribution in [1.82, 2.24) is 15.8 Å². The number of carbonyl (C=O) groups is 2. The van der Waals surface area contributed by atoms with Gasteiger partial charge in [-0.25, -0.2) is 14.6 Å². The van der Waals surface area contributed by atoms with E-state index >= 15 is 0 Å². The number of halogens is 1. The van der Waals surface area contributed by atoms with Crippen LogP contribution in [0.25, 0.3) is 0 Å². The predicted octanol–water partition coefficient (Wildman–Crippen LogP) is 1.24. The van der Waals surface area contributed by atoms with Crippen LogP contribution in [0.15, 0.2) is 24.3 Å². The minimum atomic E-state index is -1.20. The molecule has 0 heterocycles. The highest BCUT2D eigenvalue weighted by Gasteiger charge is 2.24. The van der Waals surface area contributed by atoms with E-state index in [0.29, 0.717) is 5.56 Å². The Balaban J connectivity index is 2.88. The van der Waals surface area contributed by atoms with Gasteiger partial charge in [0.05, 0.1) is 0 Å². The van der Waals surface area contributed by atoms with E-state index in [4.69, 9.17) is 16.7 Å². The SMILES string of the molecule is CN(C)NC(=O)N[C@@H](C(=O)O)c1ccccc1Cl. The van der Waals surface area contributed by atoms with Crippen molar-refractivity contribution in [3.63, 3.8) is 0 Å². The average Bonchev–Trinajstić information content (AvgIpc) is 2.25. The van der Waals surface area contributed by atoms with E-state index in [9.17, 15) is 9.59 Å². The second-order valence-electron chi connectivity index (χ2n) is 3.77. The smallest absolute Gasteiger partial charge is 0.331 e. The van der Waals surface area contributed by atoms with Gasteiger partial charge in [-0.15, -0.1) is 0 Å². The Morgan fingerprint density at radius 3 is 2.44 bits per heavy atom. The van der Waals surface area contributed by atoms with Crippen molar-refractivity contribution in [2.45, 2.75) is 6.04 Å². The molecule has 0 fully saturated rings. The first kappa shape index (κ1) is 14.3. The number of amides is 2. The van der Waals surface area contributed by atoms with Crippen molar-refractivity contribution in [2.75, 3.05) is 14.1 Å². The van der Waals surface area contributed by atoms with E-state index in [0.717, 1.165) is 0 Å². The predicted molar refractivity (Wildman–Crippen MR) is 67.2 cm³/mol. The number of nitrogens with zero attached hydrogens (tertiary/aromatic N) is 1. The van der Waals surface area contributed by atoms with Gasteiger partial charge in [-0.3, -0.25) is 5.43 Å². The minimum Gasteiger partial charge on any atom is -0.479 e. The molecule has 2 amide bonds. The van der Waals surface area contributed by atoms with Gasteiger partial charge in [0.2, 0.25) is 0 Å². The number of carboxylic acids is 1. The Kier molecular flexibility index (Phi) is 4.94. The van der Waals surface area contributed by atoms with Gasteiger partial charge in [0.25, 0.3) is 0 Å². The van der Waals surface area contributed by atoms with Gasteiger partial charge >= 0.3 is 12.0 Å². The van der Waals surface area contributed by atoms with Crippen molar-refractivity contribution in [1.29, 1.82) is 0 Å². The van der Waals surface area contributed by atoms with Crippen molar-refractivity contribution < 1.29 is 14.7 Å². The molecule has 98 valence electrons. The molecule has 0 aliphatic rings. The van der Waals surface area contributed by atoms with E-state index in [1.54, 1.807) is 38.4 Å². The van der Waals surface area contributed by atoms with E-state index in [1.807, 2.05) is 0 Å². The van der Waals surface area contributed by atoms with Crippen LogP contribution in [0.1, 0.15) is 11.6 Å². The van der Waals surface area contributed by atoms with Gasteiger partial charge < -0.3 is 10.4 Å². The largest absolute Gasteiger partial charge is 0.479 e. The lowest BCUT2D eigenvalue weighted by Crippen LogP contribution is -2.46. The Hall–Kier alpha value is -1.79. The summed E-state index contributed by atoms with van der Waals surface area (Å²) in [4.78, 5) is 22.6. The summed E-state index contributed by atoms with van der Waals surface area (Å²) in [5, 5.41) is 13.1. The number of hydrazine groups is 1. The second kappa shape index (κ2) is 6.23. The monoisotopic (exact) mass is 271 g/mol. The number of carbonyl (C=O) groups excluding carboxylic acids is 1. The summed E-state index contributed by atoms with van der Waals surface area (Å²) < 4.78 is 0. The van der Waals surface area contributed by atoms with E-state index < -0.39 is 18.0 Å². The average molecular weight is 272 g/mol. The van der Waals surface area contributed by atoms with Crippen LogP contribution >= 0.6 is 11.6 Å². The summed E-state index contributed by atoms with van der Waals surface area (Å²) in [5.74, 6) is -1.18. The van der Waals surface area contributed by atoms with Crippen molar-refractivity contribution >= 4 is 23.6 Å². The number of hydrogen-bond acceptors (Lipinski definition) is 3. The zero-order valence-electron chi connectivity index (χ0n) is 9.98. The lowest BCUT2D eigenvalue weighted by molar-refractivity contribution is -0.139. The first-order valence-corrected chi connectivity index (χ1v) is 5.51. The maximum Gasteiger partial charge on any atom is 0.331 e. The lowest BCUT2D eigenvalue weighted by Gasteiger charge is -2.18. The first-order chi connectivity index (χ1) is 8.41. The molecule has 0 bridgehead atoms. The van der Waals surface area contributed by atoms with E-state index in [1.165, 1.54) is 5.01 Å². The molecule has 0 radical (unpaired) electrons. The molecule has 0 saturated carbocycles. The van der Waals surface area contributed by atoms with Crippen molar-refractivity contribution in [3.05, 3.63) is 34.9 Å². The standard InChI is InChI=1S/C11H14ClN3O3/c1-15(2)14-11(18)13-9(10(16)17)7-5-3-4-6-8(7)12/h3-6,9H,1-2H3,(H,16,17)(H2,13,14,18)/t9-/m1/s1. The quantitative estimate of drug-likeness (QED) is 0.720. The highest BCUT2D eigenvalue weighted by molar-refractivity contribution is 6.31. The van der Waals surface area contributed by atoms with Crippen molar-refractivity contribution in [2.24, 2.45) is 0 Å². The van der Waals surface area contributed by atoms with Gasteiger partial charge in [0.15, 0.2) is 6.04 Å². The topological polar surface area (TPSA) is 81.7 Å². The molecular weight excluding hydrogens is 258 g/mol. The van der Waals surface area contributed by atoms with Crippen LogP contribution in [0.4, 0.5) is 4.79 Å². The molecular formula is C11H14ClN3O3. The third-order valence-corrected chi connectivity index (χ3v) is 2.41. The Labute approximate surface area is 110 Å². The number of nitrogens with one attached hydrogen (secondary N) is 2. The summed E-state index contributed by atoms with van der Waals surface area (Å²) >= 11 is 5.91. The highest BCUT2D eigenvalue weighted by atomic mass is 35.5. The summed E-state index contributed by atoms with van der Waals surface area (Å²) in [6.07, 6.45) is 0. The minimum absolute atomic E-state index is 0.287. The number of benzene rings is 1. The molecule has 7 heteroatoms. The molecule has 0 saturated heterocycles. The van der Waals surface area contributed by atoms with Crippen LogP contribution in [0.5, 0.6) is 0 Å². The van der Waals surface area contributed by atoms with Gasteiger partial charge in [0.1, 0.15) is 0 Å². The van der Waals surface area contributed by atoms with Crippen LogP contribution < -0.4 is 10.7 Å². The van der Waals surface area contributed by atoms with Gasteiger partial charge in [0, 0.05) is 24.7 Å². The van der Waals surface area contributed by atoms with Gasteiger partial charge in [-0.1, -0.05) is 29.8 Å². The zero-order valence-corrected chi connectivity index (χ0v) is 10.7. The molecule has 0 spiro atoms. The number of urea groups is 1. The molecule has 0 aliphatic carbocycles. The first-order valence-electron chi connectivity index (χ1n) is 5.13. The summed E-state index contributed by atoms with van der Waals surface area (Å²) in [6, 6.07) is 4.65. The number of aliphatic carboxylic acids is 1. The normalized spacial score (nSPS) is 12.0. The fourth-order valence-electron chi connectivity index (χ4n) is 1.35. The molecule has 0 aliphatic heterocycles. The Morgan fingerprint density at radius 1 is 1.33 bits per heavy atom. The molecule has 18 heavy (non-hydrogen) atoms. The van der Waals surface area contributed by atoms with Gasteiger partial charge in [-0.2, -0.15) is 0 Å². The third-order valence-electron chi connectivity index (χ3n) is 2.06. The molecule has 1 aromatic carbocycles. The third kappa shape index (κ3) is 3.90. The maximum atomic E-state index is 11.5. The molecule has 0 aromatic heterocycles. The van der Waals surface area contributed by atoms with E-state index in [2.05, 4.69) is 10.7 Å². The lowest BCUT2D eigenvalue weighted by atomic mass is 10.1. The molecule has 6 nitrogen and oxygen atoms in total. The number of hydrogen-bond donors (Lipinski definition) is 3. The molecule has 3 N–H and O–H groups in total. The van der Waals surface area contributed by atoms with Crippen LogP contribution in [-0.2, 0) is 4.79 Å². The number of carboxylic acid groups (broad SMARTS) is 1. The molecule has 1 atom stereocenters. The second-order valence-corrected chi connectivity index (χ2v) is 4.18. The number of rotatable bonds is 4. The molecule has 0 unspecified atom stereocenters. The van der Waals surface area contributed by atoms with Crippen LogP contribution in [0.2, 0.25) is 5.02 Å². The fraction of sp³-hybridized carbons (Fsp3) is 0.273. The zero-order chi connectivity index (χ0) is 13.7. The van der Waals surface area contributed by atoms with Crippen LogP contribution in [0, 0.1) is 0 Å². The summed E-state index contributed by atoms with van der Waals surface area (Å²) in [5.41, 5.74) is 2.73.